The molecule has 0 saturated heterocycles. The fraction of sp³-hybridized carbons (Fsp3) is 0.438. The van der Waals surface area contributed by atoms with E-state index in [0.717, 1.165) is 23.3 Å². The van der Waals surface area contributed by atoms with Gasteiger partial charge in [-0.3, -0.25) is 4.79 Å². The maximum absolute atomic E-state index is 12.1. The summed E-state index contributed by atoms with van der Waals surface area (Å²) in [7, 11) is 1.41. The van der Waals surface area contributed by atoms with Crippen molar-refractivity contribution in [1.29, 1.82) is 0 Å². The largest absolute Gasteiger partial charge is 0.468 e. The minimum atomic E-state index is -0.558. The molecule has 0 amide bonds. The SMILES string of the molecule is CC/C(=C1\N=NC(C)(C)C1C(=O)OC)c1ccccc1. The summed E-state index contributed by atoms with van der Waals surface area (Å²) in [6, 6.07) is 9.99. The minimum absolute atomic E-state index is 0.281. The second-order valence-corrected chi connectivity index (χ2v) is 5.39. The number of benzene rings is 1. The van der Waals surface area contributed by atoms with Crippen LogP contribution >= 0.6 is 0 Å². The Bertz CT molecular complexity index is 559. The molecule has 4 nitrogen and oxygen atoms in total. The number of methoxy groups -OCH3 is 1. The Morgan fingerprint density at radius 2 is 1.95 bits per heavy atom. The summed E-state index contributed by atoms with van der Waals surface area (Å²) >= 11 is 0. The standard InChI is InChI=1S/C16H20N2O2/c1-5-12(11-9-7-6-8-10-11)14-13(15(19)20-4)16(2,3)18-17-14/h6-10,13H,5H2,1-4H3/b14-12+. The predicted molar refractivity (Wildman–Crippen MR) is 78.1 cm³/mol. The van der Waals surface area contributed by atoms with Crippen LogP contribution in [0.25, 0.3) is 5.57 Å². The van der Waals surface area contributed by atoms with Crippen LogP contribution in [0.1, 0.15) is 32.8 Å². The Morgan fingerprint density at radius 1 is 1.30 bits per heavy atom. The van der Waals surface area contributed by atoms with Crippen molar-refractivity contribution in [2.24, 2.45) is 16.1 Å². The van der Waals surface area contributed by atoms with Crippen LogP contribution in [-0.4, -0.2) is 18.6 Å². The molecule has 0 spiro atoms. The van der Waals surface area contributed by atoms with Gasteiger partial charge in [0.15, 0.2) is 0 Å². The third-order valence-corrected chi connectivity index (χ3v) is 3.62. The highest BCUT2D eigenvalue weighted by atomic mass is 16.5. The van der Waals surface area contributed by atoms with Gasteiger partial charge in [-0.1, -0.05) is 37.3 Å². The molecule has 0 saturated carbocycles. The molecule has 4 heteroatoms. The molecule has 1 atom stereocenters. The summed E-state index contributed by atoms with van der Waals surface area (Å²) in [5.74, 6) is -0.723. The van der Waals surface area contributed by atoms with Crippen LogP contribution in [0.5, 0.6) is 0 Å². The van der Waals surface area contributed by atoms with Gasteiger partial charge in [-0.2, -0.15) is 10.2 Å². The van der Waals surface area contributed by atoms with Gasteiger partial charge in [-0.25, -0.2) is 0 Å². The van der Waals surface area contributed by atoms with E-state index in [-0.39, 0.29) is 5.97 Å². The highest BCUT2D eigenvalue weighted by Crippen LogP contribution is 2.41. The average Bonchev–Trinajstić information content (AvgIpc) is 2.76. The topological polar surface area (TPSA) is 51.0 Å². The number of carbonyl (C=O) groups excluding carboxylic acids is 1. The van der Waals surface area contributed by atoms with E-state index in [4.69, 9.17) is 4.74 Å². The van der Waals surface area contributed by atoms with Gasteiger partial charge in [-0.15, -0.1) is 0 Å². The van der Waals surface area contributed by atoms with Crippen molar-refractivity contribution in [3.05, 3.63) is 41.6 Å². The van der Waals surface area contributed by atoms with Crippen LogP contribution in [-0.2, 0) is 9.53 Å². The summed E-state index contributed by atoms with van der Waals surface area (Å²) in [4.78, 5) is 12.1. The molecule has 20 heavy (non-hydrogen) atoms. The Hall–Kier alpha value is -1.97. The van der Waals surface area contributed by atoms with E-state index in [9.17, 15) is 4.79 Å². The average molecular weight is 272 g/mol. The van der Waals surface area contributed by atoms with Gasteiger partial charge in [-0.05, 0) is 31.4 Å². The highest BCUT2D eigenvalue weighted by Gasteiger charge is 2.45. The number of nitrogens with zero attached hydrogens (tertiary/aromatic N) is 2. The lowest BCUT2D eigenvalue weighted by molar-refractivity contribution is -0.145. The van der Waals surface area contributed by atoms with Crippen LogP contribution < -0.4 is 0 Å². The van der Waals surface area contributed by atoms with E-state index >= 15 is 0 Å². The molecule has 0 N–H and O–H groups in total. The Morgan fingerprint density at radius 3 is 2.50 bits per heavy atom. The lowest BCUT2D eigenvalue weighted by Crippen LogP contribution is -2.34. The van der Waals surface area contributed by atoms with Crippen molar-refractivity contribution in [2.75, 3.05) is 7.11 Å². The Labute approximate surface area is 119 Å². The number of ether oxygens (including phenoxy) is 1. The van der Waals surface area contributed by atoms with E-state index in [1.807, 2.05) is 44.2 Å². The van der Waals surface area contributed by atoms with Crippen molar-refractivity contribution >= 4 is 11.5 Å². The zero-order valence-electron chi connectivity index (χ0n) is 12.4. The number of rotatable bonds is 3. The summed E-state index contributed by atoms with van der Waals surface area (Å²) in [6.45, 7) is 5.87. The molecule has 106 valence electrons. The summed E-state index contributed by atoms with van der Waals surface area (Å²) in [6.07, 6.45) is 0.794. The van der Waals surface area contributed by atoms with Gasteiger partial charge in [0.2, 0.25) is 0 Å². The predicted octanol–water partition coefficient (Wildman–Crippen LogP) is 3.84. The summed E-state index contributed by atoms with van der Waals surface area (Å²) < 4.78 is 4.94. The molecule has 0 aromatic heterocycles. The molecular formula is C16H20N2O2. The molecule has 1 aromatic carbocycles. The number of allylic oxidation sites excluding steroid dienone is 1. The van der Waals surface area contributed by atoms with Crippen LogP contribution in [0.3, 0.4) is 0 Å². The fourth-order valence-electron chi connectivity index (χ4n) is 2.56. The molecular weight excluding hydrogens is 252 g/mol. The van der Waals surface area contributed by atoms with E-state index < -0.39 is 11.5 Å². The first-order chi connectivity index (χ1) is 9.51. The minimum Gasteiger partial charge on any atom is -0.468 e. The maximum atomic E-state index is 12.1. The van der Waals surface area contributed by atoms with E-state index in [1.165, 1.54) is 7.11 Å². The second-order valence-electron chi connectivity index (χ2n) is 5.39. The van der Waals surface area contributed by atoms with Crippen LogP contribution in [0.4, 0.5) is 0 Å². The van der Waals surface area contributed by atoms with Crippen molar-refractivity contribution in [3.63, 3.8) is 0 Å². The van der Waals surface area contributed by atoms with Crippen LogP contribution in [0.2, 0.25) is 0 Å². The maximum Gasteiger partial charge on any atom is 0.317 e. The molecule has 0 aliphatic carbocycles. The van der Waals surface area contributed by atoms with Crippen molar-refractivity contribution in [1.82, 2.24) is 0 Å². The van der Waals surface area contributed by atoms with Crippen LogP contribution in [0.15, 0.2) is 46.3 Å². The van der Waals surface area contributed by atoms with Gasteiger partial charge in [0.25, 0.3) is 0 Å². The highest BCUT2D eigenvalue weighted by molar-refractivity contribution is 5.83. The molecule has 1 unspecified atom stereocenters. The lowest BCUT2D eigenvalue weighted by Gasteiger charge is -2.22. The first-order valence-corrected chi connectivity index (χ1v) is 6.80. The third-order valence-electron chi connectivity index (χ3n) is 3.62. The Kier molecular flexibility index (Phi) is 4.02. The summed E-state index contributed by atoms with van der Waals surface area (Å²) in [5, 5.41) is 8.55. The molecule has 1 heterocycles. The second kappa shape index (κ2) is 5.57. The first kappa shape index (κ1) is 14.4. The van der Waals surface area contributed by atoms with E-state index in [2.05, 4.69) is 17.2 Å². The van der Waals surface area contributed by atoms with Gasteiger partial charge in [0.05, 0.1) is 18.3 Å². The molecule has 1 aliphatic heterocycles. The van der Waals surface area contributed by atoms with Gasteiger partial charge in [0.1, 0.15) is 5.92 Å². The normalized spacial score (nSPS) is 22.7. The number of hydrogen-bond donors (Lipinski definition) is 0. The number of esters is 1. The fourth-order valence-corrected chi connectivity index (χ4v) is 2.56. The van der Waals surface area contributed by atoms with Crippen LogP contribution in [0, 0.1) is 5.92 Å². The van der Waals surface area contributed by atoms with E-state index in [1.54, 1.807) is 0 Å². The zero-order valence-corrected chi connectivity index (χ0v) is 12.4. The number of carbonyl (C=O) groups is 1. The molecule has 2 rings (SSSR count). The Balaban J connectivity index is 2.55. The molecule has 1 aliphatic rings. The van der Waals surface area contributed by atoms with Gasteiger partial charge >= 0.3 is 5.97 Å². The quantitative estimate of drug-likeness (QED) is 0.785. The molecule has 0 radical (unpaired) electrons. The zero-order chi connectivity index (χ0) is 14.8. The third kappa shape index (κ3) is 2.50. The van der Waals surface area contributed by atoms with Crippen molar-refractivity contribution < 1.29 is 9.53 Å². The first-order valence-electron chi connectivity index (χ1n) is 6.80. The number of hydrogen-bond acceptors (Lipinski definition) is 4. The monoisotopic (exact) mass is 272 g/mol. The van der Waals surface area contributed by atoms with Gasteiger partial charge in [0, 0.05) is 0 Å². The summed E-state index contributed by atoms with van der Waals surface area (Å²) in [5.41, 5.74) is 2.30. The smallest absolute Gasteiger partial charge is 0.317 e. The lowest BCUT2D eigenvalue weighted by atomic mass is 9.83. The molecule has 0 bridgehead atoms. The van der Waals surface area contributed by atoms with E-state index in [0.29, 0.717) is 0 Å². The van der Waals surface area contributed by atoms with Crippen molar-refractivity contribution in [2.45, 2.75) is 32.7 Å². The van der Waals surface area contributed by atoms with Crippen molar-refractivity contribution in [3.8, 4) is 0 Å². The van der Waals surface area contributed by atoms with Gasteiger partial charge < -0.3 is 4.74 Å². The number of azo groups is 1. The molecule has 0 fully saturated rings. The molecule has 1 aromatic rings.